The number of alkyl halides is 3. The van der Waals surface area contributed by atoms with Crippen molar-refractivity contribution in [2.75, 3.05) is 4.90 Å². The summed E-state index contributed by atoms with van der Waals surface area (Å²) in [6, 6.07) is 20.3. The lowest BCUT2D eigenvalue weighted by Crippen LogP contribution is -2.42. The number of amides is 2. The molecule has 6 nitrogen and oxygen atoms in total. The first-order valence-corrected chi connectivity index (χ1v) is 16.5. The summed E-state index contributed by atoms with van der Waals surface area (Å²) in [7, 11) is 0. The molecule has 7 atom stereocenters. The van der Waals surface area contributed by atoms with Crippen molar-refractivity contribution in [1.82, 2.24) is 4.98 Å². The zero-order valence-corrected chi connectivity index (χ0v) is 25.5. The molecule has 230 valence electrons. The first-order chi connectivity index (χ1) is 21.6. The maximum absolute atomic E-state index is 14.0. The molecule has 45 heavy (non-hydrogen) atoms. The summed E-state index contributed by atoms with van der Waals surface area (Å²) in [5.41, 5.74) is 2.15. The van der Waals surface area contributed by atoms with Crippen LogP contribution in [0.1, 0.15) is 39.5 Å². The zero-order chi connectivity index (χ0) is 31.2. The van der Waals surface area contributed by atoms with Gasteiger partial charge in [-0.05, 0) is 60.9 Å². The van der Waals surface area contributed by atoms with E-state index in [2.05, 4.69) is 4.98 Å². The third kappa shape index (κ3) is 4.49. The molecule has 1 N–H and O–H groups in total. The number of carbonyl (C=O) groups is 2. The molecule has 2 aliphatic carbocycles. The number of imide groups is 1. The van der Waals surface area contributed by atoms with Crippen molar-refractivity contribution in [3.8, 4) is 5.75 Å². The van der Waals surface area contributed by atoms with Gasteiger partial charge in [-0.3, -0.25) is 19.3 Å². The van der Waals surface area contributed by atoms with Gasteiger partial charge in [-0.15, -0.1) is 11.8 Å². The number of para-hydroxylation sites is 1. The van der Waals surface area contributed by atoms with E-state index in [0.29, 0.717) is 18.8 Å². The lowest BCUT2D eigenvalue weighted by Gasteiger charge is -2.43. The molecule has 4 aliphatic rings. The predicted molar refractivity (Wildman–Crippen MR) is 164 cm³/mol. The lowest BCUT2D eigenvalue weighted by molar-refractivity contribution is -0.137. The first-order valence-electron chi connectivity index (χ1n) is 14.8. The standard InChI is InChI=1S/C34H27F3N2O4S2/c1-16-9-11-17(12-10-16)15-43-23-8-3-2-7-20(23)24-25-21-14-22(28(25)44-30-29(24)45-33(42)38-30)27-26(21)31(40)39(32(27)41)19-6-4-5-18(13-19)34(35,36)37/h2-13,21-22,24-28H,14-15H2,1H3,(H,38,42)/t21?,22?,24-,25?,26?,27?,28?/m1/s1. The number of H-pyrrole nitrogens is 1. The molecule has 2 bridgehead atoms. The summed E-state index contributed by atoms with van der Waals surface area (Å²) in [4.78, 5) is 45.3. The summed E-state index contributed by atoms with van der Waals surface area (Å²) < 4.78 is 47.0. The number of aromatic nitrogens is 1. The van der Waals surface area contributed by atoms with Gasteiger partial charge in [0.25, 0.3) is 0 Å². The van der Waals surface area contributed by atoms with E-state index in [0.717, 1.165) is 43.6 Å². The van der Waals surface area contributed by atoms with Crippen LogP contribution in [0.3, 0.4) is 0 Å². The Labute approximate surface area is 264 Å². The molecule has 2 amide bonds. The molecule has 1 saturated heterocycles. The monoisotopic (exact) mass is 648 g/mol. The fourth-order valence-corrected chi connectivity index (χ4v) is 11.0. The minimum atomic E-state index is -4.60. The topological polar surface area (TPSA) is 79.5 Å². The predicted octanol–water partition coefficient (Wildman–Crippen LogP) is 7.02. The largest absolute Gasteiger partial charge is 0.489 e. The summed E-state index contributed by atoms with van der Waals surface area (Å²) >= 11 is 2.73. The summed E-state index contributed by atoms with van der Waals surface area (Å²) in [6.45, 7) is 2.39. The highest BCUT2D eigenvalue weighted by Gasteiger charge is 2.70. The van der Waals surface area contributed by atoms with Gasteiger partial charge in [-0.1, -0.05) is 65.4 Å². The number of thioether (sulfide) groups is 1. The van der Waals surface area contributed by atoms with Crippen molar-refractivity contribution in [1.29, 1.82) is 0 Å². The Hall–Kier alpha value is -3.83. The number of halogens is 3. The van der Waals surface area contributed by atoms with Crippen LogP contribution in [0, 0.1) is 36.5 Å². The molecule has 11 heteroatoms. The number of nitrogens with one attached hydrogen (secondary N) is 1. The van der Waals surface area contributed by atoms with Gasteiger partial charge in [0.05, 0.1) is 28.1 Å². The van der Waals surface area contributed by atoms with Crippen molar-refractivity contribution in [2.45, 2.75) is 42.3 Å². The Kier molecular flexibility index (Phi) is 6.58. The van der Waals surface area contributed by atoms with Gasteiger partial charge in [0.1, 0.15) is 12.4 Å². The fraction of sp³-hybridized carbons (Fsp3) is 0.324. The number of fused-ring (bicyclic) bond motifs is 9. The molecule has 2 aliphatic heterocycles. The molecule has 0 spiro atoms. The van der Waals surface area contributed by atoms with Gasteiger partial charge in [-0.25, -0.2) is 0 Å². The first kappa shape index (κ1) is 28.6. The van der Waals surface area contributed by atoms with E-state index in [4.69, 9.17) is 4.74 Å². The number of benzene rings is 3. The van der Waals surface area contributed by atoms with E-state index in [1.54, 1.807) is 11.8 Å². The molecule has 0 radical (unpaired) electrons. The van der Waals surface area contributed by atoms with Crippen LogP contribution in [0.15, 0.2) is 82.6 Å². The molecular weight excluding hydrogens is 622 g/mol. The Morgan fingerprint density at radius 2 is 1.67 bits per heavy atom. The average Bonchev–Trinajstić information content (AvgIpc) is 3.75. The Morgan fingerprint density at radius 3 is 2.42 bits per heavy atom. The number of hydrogen-bond acceptors (Lipinski definition) is 6. The number of aromatic amines is 1. The van der Waals surface area contributed by atoms with E-state index in [1.165, 1.54) is 23.5 Å². The summed E-state index contributed by atoms with van der Waals surface area (Å²) in [5.74, 6) is -2.04. The Balaban J connectivity index is 1.17. The van der Waals surface area contributed by atoms with Gasteiger partial charge in [0.2, 0.25) is 11.8 Å². The number of hydrogen-bond donors (Lipinski definition) is 1. The van der Waals surface area contributed by atoms with E-state index in [-0.39, 0.29) is 39.5 Å². The number of anilines is 1. The minimum absolute atomic E-state index is 0.0425. The van der Waals surface area contributed by atoms with Crippen molar-refractivity contribution in [2.24, 2.45) is 29.6 Å². The normalized spacial score (nSPS) is 28.3. The van der Waals surface area contributed by atoms with Crippen LogP contribution in [-0.4, -0.2) is 22.0 Å². The van der Waals surface area contributed by atoms with Crippen molar-refractivity contribution >= 4 is 40.6 Å². The van der Waals surface area contributed by atoms with Crippen LogP contribution in [0.2, 0.25) is 0 Å². The van der Waals surface area contributed by atoms with Gasteiger partial charge in [-0.2, -0.15) is 13.2 Å². The number of nitrogens with zero attached hydrogens (tertiary/aromatic N) is 1. The molecule has 4 aromatic rings. The van der Waals surface area contributed by atoms with E-state index in [9.17, 15) is 27.6 Å². The molecule has 3 aromatic carbocycles. The smallest absolute Gasteiger partial charge is 0.416 e. The fourth-order valence-electron chi connectivity index (χ4n) is 8.16. The van der Waals surface area contributed by atoms with Crippen molar-refractivity contribution in [3.63, 3.8) is 0 Å². The highest BCUT2D eigenvalue weighted by atomic mass is 32.2. The van der Waals surface area contributed by atoms with E-state index >= 15 is 0 Å². The highest BCUT2D eigenvalue weighted by Crippen LogP contribution is 2.69. The molecule has 2 saturated carbocycles. The molecule has 1 aromatic heterocycles. The third-order valence-electron chi connectivity index (χ3n) is 9.92. The molecule has 8 rings (SSSR count). The van der Waals surface area contributed by atoms with Crippen LogP contribution in [0.4, 0.5) is 18.9 Å². The average molecular weight is 649 g/mol. The van der Waals surface area contributed by atoms with Crippen LogP contribution in [-0.2, 0) is 22.4 Å². The Bertz CT molecular complexity index is 1900. The van der Waals surface area contributed by atoms with E-state index in [1.807, 2.05) is 55.5 Å². The number of ether oxygens (including phenoxy) is 1. The van der Waals surface area contributed by atoms with Crippen LogP contribution >= 0.6 is 23.1 Å². The molecule has 3 heterocycles. The maximum Gasteiger partial charge on any atom is 0.416 e. The number of carbonyl (C=O) groups excluding carboxylic acids is 2. The quantitative estimate of drug-likeness (QED) is 0.236. The van der Waals surface area contributed by atoms with Crippen LogP contribution in [0.25, 0.3) is 0 Å². The minimum Gasteiger partial charge on any atom is -0.489 e. The van der Waals surface area contributed by atoms with Crippen LogP contribution < -0.4 is 14.5 Å². The van der Waals surface area contributed by atoms with Gasteiger partial charge in [0, 0.05) is 21.6 Å². The number of rotatable bonds is 5. The molecular formula is C34H27F3N2O4S2. The number of aryl methyl sites for hydroxylation is 1. The number of thiazole rings is 1. The second kappa shape index (κ2) is 10.3. The van der Waals surface area contributed by atoms with Gasteiger partial charge >= 0.3 is 11.0 Å². The summed E-state index contributed by atoms with van der Waals surface area (Å²) in [5, 5.41) is 0.725. The molecule has 3 fully saturated rings. The second-order valence-corrected chi connectivity index (χ2v) is 14.5. The van der Waals surface area contributed by atoms with Gasteiger partial charge in [0.15, 0.2) is 0 Å². The van der Waals surface area contributed by atoms with E-state index < -0.39 is 35.4 Å². The van der Waals surface area contributed by atoms with Crippen molar-refractivity contribution in [3.05, 3.63) is 110 Å². The van der Waals surface area contributed by atoms with Gasteiger partial charge < -0.3 is 9.72 Å². The molecule has 6 unspecified atom stereocenters. The third-order valence-corrected chi connectivity index (χ3v) is 12.5. The highest BCUT2D eigenvalue weighted by molar-refractivity contribution is 8.00. The lowest BCUT2D eigenvalue weighted by atomic mass is 9.68. The maximum atomic E-state index is 14.0. The van der Waals surface area contributed by atoms with Crippen molar-refractivity contribution < 1.29 is 27.5 Å². The van der Waals surface area contributed by atoms with Crippen LogP contribution in [0.5, 0.6) is 5.75 Å². The summed E-state index contributed by atoms with van der Waals surface area (Å²) in [6.07, 6.45) is -3.92. The zero-order valence-electron chi connectivity index (χ0n) is 23.9. The Morgan fingerprint density at radius 1 is 0.933 bits per heavy atom. The second-order valence-electron chi connectivity index (χ2n) is 12.3. The SMILES string of the molecule is Cc1ccc(COc2ccccc2[C@H]2c3sc(=O)[nH]c3SC3C4CC(C5C(=O)N(c6cccc(C(F)(F)F)c6)C(=O)C45)C32)cc1.